The Labute approximate surface area is 116 Å². The summed E-state index contributed by atoms with van der Waals surface area (Å²) in [6.07, 6.45) is 5.68. The summed E-state index contributed by atoms with van der Waals surface area (Å²) in [5.74, 6) is 2.04. The van der Waals surface area contributed by atoms with Gasteiger partial charge in [0.05, 0.1) is 6.17 Å². The predicted molar refractivity (Wildman–Crippen MR) is 79.2 cm³/mol. The Morgan fingerprint density at radius 2 is 2.16 bits per heavy atom. The van der Waals surface area contributed by atoms with Crippen molar-refractivity contribution in [3.63, 3.8) is 0 Å². The molecule has 0 radical (unpaired) electrons. The highest BCUT2D eigenvalue weighted by Crippen LogP contribution is 2.52. The van der Waals surface area contributed by atoms with E-state index in [2.05, 4.69) is 55.2 Å². The zero-order valence-corrected chi connectivity index (χ0v) is 12.4. The van der Waals surface area contributed by atoms with Crippen LogP contribution in [0.4, 0.5) is 5.69 Å². The Morgan fingerprint density at radius 3 is 2.79 bits per heavy atom. The number of rotatable bonds is 3. The summed E-state index contributed by atoms with van der Waals surface area (Å²) in [5, 5.41) is 3.73. The Balaban J connectivity index is 2.04. The van der Waals surface area contributed by atoms with Crippen LogP contribution in [0, 0.1) is 11.8 Å². The van der Waals surface area contributed by atoms with Gasteiger partial charge in [-0.05, 0) is 30.9 Å². The van der Waals surface area contributed by atoms with E-state index < -0.39 is 0 Å². The number of hydrogen-bond donors (Lipinski definition) is 1. The highest BCUT2D eigenvalue weighted by atomic mass is 15.3. The maximum Gasteiger partial charge on any atom is 0.0870 e. The van der Waals surface area contributed by atoms with E-state index in [1.165, 1.54) is 17.7 Å². The van der Waals surface area contributed by atoms with Crippen molar-refractivity contribution in [2.45, 2.75) is 52.2 Å². The summed E-state index contributed by atoms with van der Waals surface area (Å²) >= 11 is 0. The van der Waals surface area contributed by atoms with Crippen LogP contribution in [0.15, 0.2) is 18.5 Å². The van der Waals surface area contributed by atoms with E-state index >= 15 is 0 Å². The number of likely N-dealkylation sites (N-methyl/N-ethyl adjacent to an activating group) is 1. The maximum absolute atomic E-state index is 4.35. The number of anilines is 1. The van der Waals surface area contributed by atoms with Gasteiger partial charge < -0.3 is 5.32 Å². The first-order valence-corrected chi connectivity index (χ1v) is 7.65. The van der Waals surface area contributed by atoms with Crippen LogP contribution < -0.4 is 5.32 Å². The van der Waals surface area contributed by atoms with E-state index in [-0.39, 0.29) is 0 Å². The number of aromatic nitrogens is 1. The van der Waals surface area contributed by atoms with Crippen LogP contribution in [0.1, 0.15) is 45.6 Å². The maximum atomic E-state index is 4.35. The average Bonchev–Trinajstić information content (AvgIpc) is 2.91. The molecule has 0 aromatic carbocycles. The van der Waals surface area contributed by atoms with Crippen LogP contribution in [-0.4, -0.2) is 28.6 Å². The molecule has 0 bridgehead atoms. The van der Waals surface area contributed by atoms with Crippen molar-refractivity contribution in [2.24, 2.45) is 11.8 Å². The van der Waals surface area contributed by atoms with Gasteiger partial charge in [0.1, 0.15) is 0 Å². The lowest BCUT2D eigenvalue weighted by atomic mass is 9.78. The molecule has 2 aliphatic rings. The lowest BCUT2D eigenvalue weighted by Gasteiger charge is -2.31. The van der Waals surface area contributed by atoms with Crippen LogP contribution in [0.3, 0.4) is 0 Å². The molecule has 0 amide bonds. The number of nitrogens with one attached hydrogen (secondary N) is 1. The second-order valence-corrected chi connectivity index (χ2v) is 6.21. The van der Waals surface area contributed by atoms with Gasteiger partial charge in [0.25, 0.3) is 0 Å². The summed E-state index contributed by atoms with van der Waals surface area (Å²) in [7, 11) is 0. The standard InChI is InChI=1S/C16H25N3/c1-5-13-14(10(3)4)15-11-9-17-8-7-12(11)18-16(15)19(13)6-2/h7-10,13-16,18H,5-6H2,1-4H3. The third-order valence-electron chi connectivity index (χ3n) is 5.05. The van der Waals surface area contributed by atoms with E-state index in [0.29, 0.717) is 24.0 Å². The van der Waals surface area contributed by atoms with Crippen molar-refractivity contribution in [1.82, 2.24) is 9.88 Å². The molecule has 4 atom stereocenters. The van der Waals surface area contributed by atoms with Crippen molar-refractivity contribution in [2.75, 3.05) is 11.9 Å². The van der Waals surface area contributed by atoms with Gasteiger partial charge in [-0.15, -0.1) is 0 Å². The Kier molecular flexibility index (Phi) is 3.25. The Morgan fingerprint density at radius 1 is 1.37 bits per heavy atom. The first-order chi connectivity index (χ1) is 9.19. The van der Waals surface area contributed by atoms with E-state index in [0.717, 1.165) is 12.5 Å². The first-order valence-electron chi connectivity index (χ1n) is 7.65. The molecule has 2 aliphatic heterocycles. The first kappa shape index (κ1) is 12.9. The molecule has 0 spiro atoms. The van der Waals surface area contributed by atoms with E-state index in [9.17, 15) is 0 Å². The second kappa shape index (κ2) is 4.78. The minimum atomic E-state index is 0.474. The fourth-order valence-corrected chi connectivity index (χ4v) is 4.39. The largest absolute Gasteiger partial charge is 0.369 e. The molecule has 4 unspecified atom stereocenters. The molecule has 1 aromatic rings. The number of likely N-dealkylation sites (tertiary alicyclic amines) is 1. The summed E-state index contributed by atoms with van der Waals surface area (Å²) in [5.41, 5.74) is 2.73. The number of pyridine rings is 1. The average molecular weight is 259 g/mol. The zero-order chi connectivity index (χ0) is 13.6. The number of nitrogens with zero attached hydrogens (tertiary/aromatic N) is 2. The normalized spacial score (nSPS) is 33.3. The van der Waals surface area contributed by atoms with Gasteiger partial charge in [-0.3, -0.25) is 9.88 Å². The molecule has 104 valence electrons. The summed E-state index contributed by atoms with van der Waals surface area (Å²) in [4.78, 5) is 7.02. The predicted octanol–water partition coefficient (Wildman–Crippen LogP) is 3.30. The van der Waals surface area contributed by atoms with Gasteiger partial charge in [0, 0.05) is 35.6 Å². The van der Waals surface area contributed by atoms with Crippen molar-refractivity contribution in [3.05, 3.63) is 24.0 Å². The molecule has 3 nitrogen and oxygen atoms in total. The second-order valence-electron chi connectivity index (χ2n) is 6.21. The minimum Gasteiger partial charge on any atom is -0.369 e. The highest BCUT2D eigenvalue weighted by molar-refractivity contribution is 5.59. The number of fused-ring (bicyclic) bond motifs is 3. The molecule has 3 heteroatoms. The Hall–Kier alpha value is -1.09. The monoisotopic (exact) mass is 259 g/mol. The van der Waals surface area contributed by atoms with E-state index in [1.54, 1.807) is 0 Å². The van der Waals surface area contributed by atoms with Gasteiger partial charge in [0.15, 0.2) is 0 Å². The highest BCUT2D eigenvalue weighted by Gasteiger charge is 2.52. The van der Waals surface area contributed by atoms with Crippen molar-refractivity contribution < 1.29 is 0 Å². The molecule has 1 saturated heterocycles. The number of hydrogen-bond acceptors (Lipinski definition) is 3. The summed E-state index contributed by atoms with van der Waals surface area (Å²) < 4.78 is 0. The Bertz CT molecular complexity index is 457. The fourth-order valence-electron chi connectivity index (χ4n) is 4.39. The molecule has 0 aliphatic carbocycles. The van der Waals surface area contributed by atoms with E-state index in [4.69, 9.17) is 0 Å². The molecular formula is C16H25N3. The third-order valence-corrected chi connectivity index (χ3v) is 5.05. The SMILES string of the molecule is CCC1C(C(C)C)C2c3cnccc3NC2N1CC. The topological polar surface area (TPSA) is 28.2 Å². The fraction of sp³-hybridized carbons (Fsp3) is 0.688. The van der Waals surface area contributed by atoms with Crippen LogP contribution in [0.25, 0.3) is 0 Å². The molecule has 1 fully saturated rings. The lowest BCUT2D eigenvalue weighted by molar-refractivity contribution is 0.180. The van der Waals surface area contributed by atoms with Crippen LogP contribution in [0.2, 0.25) is 0 Å². The van der Waals surface area contributed by atoms with Crippen molar-refractivity contribution in [1.29, 1.82) is 0 Å². The summed E-state index contributed by atoms with van der Waals surface area (Å²) in [6.45, 7) is 10.5. The van der Waals surface area contributed by atoms with Crippen LogP contribution in [0.5, 0.6) is 0 Å². The molecule has 3 heterocycles. The molecule has 0 saturated carbocycles. The molecule has 1 N–H and O–H groups in total. The lowest BCUT2D eigenvalue weighted by Crippen LogP contribution is -2.40. The van der Waals surface area contributed by atoms with Gasteiger partial charge in [-0.25, -0.2) is 0 Å². The molecular weight excluding hydrogens is 234 g/mol. The zero-order valence-electron chi connectivity index (χ0n) is 12.4. The van der Waals surface area contributed by atoms with Gasteiger partial charge in [0.2, 0.25) is 0 Å². The smallest absolute Gasteiger partial charge is 0.0870 e. The van der Waals surface area contributed by atoms with Gasteiger partial charge in [-0.1, -0.05) is 27.7 Å². The van der Waals surface area contributed by atoms with Crippen LogP contribution >= 0.6 is 0 Å². The third kappa shape index (κ3) is 1.78. The molecule has 3 rings (SSSR count). The van der Waals surface area contributed by atoms with Crippen molar-refractivity contribution >= 4 is 5.69 Å². The molecule has 19 heavy (non-hydrogen) atoms. The quantitative estimate of drug-likeness (QED) is 0.902. The van der Waals surface area contributed by atoms with E-state index in [1.807, 2.05) is 6.20 Å². The van der Waals surface area contributed by atoms with Gasteiger partial charge in [-0.2, -0.15) is 0 Å². The van der Waals surface area contributed by atoms with Crippen molar-refractivity contribution in [3.8, 4) is 0 Å². The summed E-state index contributed by atoms with van der Waals surface area (Å²) in [6, 6.07) is 2.82. The minimum absolute atomic E-state index is 0.474. The van der Waals surface area contributed by atoms with Gasteiger partial charge >= 0.3 is 0 Å². The van der Waals surface area contributed by atoms with Crippen LogP contribution in [-0.2, 0) is 0 Å². The molecule has 1 aromatic heterocycles.